The number of hydrogen-bond donors (Lipinski definition) is 0. The maximum atomic E-state index is 12.9. The van der Waals surface area contributed by atoms with Crippen LogP contribution < -0.4 is 4.74 Å². The predicted octanol–water partition coefficient (Wildman–Crippen LogP) is 6.64. The van der Waals surface area contributed by atoms with Crippen molar-refractivity contribution < 1.29 is 23.8 Å². The van der Waals surface area contributed by atoms with Gasteiger partial charge in [0.1, 0.15) is 11.4 Å². The standard InChI is InChI=1S/C26H42N2O5S.C3H8S/c1-18(2)22-11-10-21(14-19(22)15-27(8)16-23(29)31-9)32-13-12-20-17-34-26(6,7)28(20)24(30)33-25(3,4)5;1-3-4-2/h10-11,14,18,20H,12-13,15-17H2,1-9H3;3H2,1-2H3. The van der Waals surface area contributed by atoms with Gasteiger partial charge in [-0.1, -0.05) is 26.8 Å². The largest absolute Gasteiger partial charge is 0.494 e. The number of likely N-dealkylation sites (N-methyl/N-ethyl adjacent to an activating group) is 1. The van der Waals surface area contributed by atoms with E-state index < -0.39 is 5.60 Å². The molecule has 0 radical (unpaired) electrons. The topological polar surface area (TPSA) is 68.3 Å². The summed E-state index contributed by atoms with van der Waals surface area (Å²) < 4.78 is 16.6. The molecule has 0 bridgehead atoms. The first kappa shape index (κ1) is 34.4. The molecular formula is C29H50N2O5S2. The van der Waals surface area contributed by atoms with E-state index in [0.29, 0.717) is 19.1 Å². The Labute approximate surface area is 239 Å². The number of methoxy groups -OCH3 is 1. The Bertz CT molecular complexity index is 884. The van der Waals surface area contributed by atoms with Crippen LogP contribution in [0.5, 0.6) is 5.75 Å². The SMILES string of the molecule is CCSC.COC(=O)CN(C)Cc1cc(OCCC2CSC(C)(C)N2C(=O)OC(C)(C)C)ccc1C(C)C. The molecule has 1 aliphatic heterocycles. The molecule has 1 aromatic carbocycles. The number of rotatable bonds is 10. The van der Waals surface area contributed by atoms with E-state index in [1.165, 1.54) is 18.4 Å². The molecule has 1 heterocycles. The Balaban J connectivity index is 0.00000168. The van der Waals surface area contributed by atoms with E-state index in [-0.39, 0.29) is 29.5 Å². The van der Waals surface area contributed by atoms with Gasteiger partial charge in [0.15, 0.2) is 0 Å². The summed E-state index contributed by atoms with van der Waals surface area (Å²) in [6.45, 7) is 17.6. The van der Waals surface area contributed by atoms with E-state index in [1.54, 1.807) is 11.8 Å². The van der Waals surface area contributed by atoms with Crippen molar-refractivity contribution >= 4 is 35.6 Å². The fraction of sp³-hybridized carbons (Fsp3) is 0.724. The van der Waals surface area contributed by atoms with Gasteiger partial charge in [-0.2, -0.15) is 11.8 Å². The van der Waals surface area contributed by atoms with Gasteiger partial charge < -0.3 is 14.2 Å². The van der Waals surface area contributed by atoms with E-state index in [2.05, 4.69) is 53.0 Å². The number of carbonyl (C=O) groups is 2. The molecular weight excluding hydrogens is 520 g/mol. The average Bonchev–Trinajstić information content (AvgIpc) is 3.11. The van der Waals surface area contributed by atoms with Crippen molar-refractivity contribution in [2.45, 2.75) is 90.8 Å². The Morgan fingerprint density at radius 3 is 2.42 bits per heavy atom. The molecule has 1 aliphatic rings. The van der Waals surface area contributed by atoms with Crippen molar-refractivity contribution in [1.29, 1.82) is 0 Å². The molecule has 0 aliphatic carbocycles. The number of hydrogen-bond acceptors (Lipinski definition) is 8. The third kappa shape index (κ3) is 11.7. The molecule has 9 heteroatoms. The molecule has 1 atom stereocenters. The zero-order valence-corrected chi connectivity index (χ0v) is 27.0. The second-order valence-corrected chi connectivity index (χ2v) is 14.0. The summed E-state index contributed by atoms with van der Waals surface area (Å²) in [5.41, 5.74) is 1.83. The van der Waals surface area contributed by atoms with Crippen LogP contribution in [0.1, 0.15) is 78.9 Å². The average molecular weight is 571 g/mol. The number of thioether (sulfide) groups is 2. The number of nitrogens with zero attached hydrogens (tertiary/aromatic N) is 2. The highest BCUT2D eigenvalue weighted by Crippen LogP contribution is 2.41. The molecule has 218 valence electrons. The number of carbonyl (C=O) groups excluding carboxylic acids is 2. The quantitative estimate of drug-likeness (QED) is 0.290. The second-order valence-electron chi connectivity index (χ2n) is 11.2. The summed E-state index contributed by atoms with van der Waals surface area (Å²) in [4.78, 5) is 28.0. The third-order valence-electron chi connectivity index (χ3n) is 5.98. The smallest absolute Gasteiger partial charge is 0.411 e. The van der Waals surface area contributed by atoms with Crippen LogP contribution in [0.3, 0.4) is 0 Å². The van der Waals surface area contributed by atoms with Gasteiger partial charge >= 0.3 is 12.1 Å². The van der Waals surface area contributed by atoms with Crippen LogP contribution in [0.15, 0.2) is 18.2 Å². The maximum absolute atomic E-state index is 12.9. The highest BCUT2D eigenvalue weighted by Gasteiger charge is 2.44. The van der Waals surface area contributed by atoms with Crippen LogP contribution in [0, 0.1) is 0 Å². The minimum absolute atomic E-state index is 0.0513. The van der Waals surface area contributed by atoms with Crippen LogP contribution >= 0.6 is 23.5 Å². The highest BCUT2D eigenvalue weighted by molar-refractivity contribution is 8.00. The van der Waals surface area contributed by atoms with E-state index in [0.717, 1.165) is 23.5 Å². The summed E-state index contributed by atoms with van der Waals surface area (Å²) in [7, 11) is 3.30. The molecule has 38 heavy (non-hydrogen) atoms. The molecule has 2 rings (SSSR count). The number of esters is 1. The Morgan fingerprint density at radius 2 is 1.89 bits per heavy atom. The first-order valence-corrected chi connectivity index (χ1v) is 15.7. The number of benzene rings is 1. The van der Waals surface area contributed by atoms with Gasteiger partial charge in [-0.15, -0.1) is 11.8 Å². The lowest BCUT2D eigenvalue weighted by atomic mass is 9.96. The van der Waals surface area contributed by atoms with Gasteiger partial charge in [0.2, 0.25) is 0 Å². The lowest BCUT2D eigenvalue weighted by molar-refractivity contribution is -0.141. The summed E-state index contributed by atoms with van der Waals surface area (Å²) >= 11 is 3.62. The molecule has 0 saturated carbocycles. The molecule has 1 unspecified atom stereocenters. The summed E-state index contributed by atoms with van der Waals surface area (Å²) in [5.74, 6) is 2.98. The lowest BCUT2D eigenvalue weighted by Crippen LogP contribution is -2.49. The molecule has 0 aromatic heterocycles. The van der Waals surface area contributed by atoms with Crippen molar-refractivity contribution in [1.82, 2.24) is 9.80 Å². The molecule has 1 saturated heterocycles. The zero-order valence-electron chi connectivity index (χ0n) is 25.4. The van der Waals surface area contributed by atoms with Gasteiger partial charge in [0, 0.05) is 24.8 Å². The minimum atomic E-state index is -0.531. The second kappa shape index (κ2) is 15.9. The van der Waals surface area contributed by atoms with Gasteiger partial charge in [0.25, 0.3) is 0 Å². The third-order valence-corrected chi connectivity index (χ3v) is 8.01. The zero-order chi connectivity index (χ0) is 29.1. The Hall–Kier alpha value is -1.58. The molecule has 1 fully saturated rings. The predicted molar refractivity (Wildman–Crippen MR) is 161 cm³/mol. The van der Waals surface area contributed by atoms with Crippen LogP contribution in [-0.4, -0.2) is 83.4 Å². The van der Waals surface area contributed by atoms with E-state index in [4.69, 9.17) is 14.2 Å². The van der Waals surface area contributed by atoms with E-state index in [9.17, 15) is 9.59 Å². The van der Waals surface area contributed by atoms with Gasteiger partial charge in [-0.25, -0.2) is 4.79 Å². The molecule has 0 N–H and O–H groups in total. The Morgan fingerprint density at radius 1 is 1.26 bits per heavy atom. The van der Waals surface area contributed by atoms with Gasteiger partial charge in [-0.3, -0.25) is 14.6 Å². The van der Waals surface area contributed by atoms with Crippen LogP contribution in [-0.2, 0) is 20.8 Å². The summed E-state index contributed by atoms with van der Waals surface area (Å²) in [6.07, 6.45) is 2.55. The van der Waals surface area contributed by atoms with Crippen molar-refractivity contribution in [3.8, 4) is 5.75 Å². The van der Waals surface area contributed by atoms with Crippen molar-refractivity contribution in [3.63, 3.8) is 0 Å². The van der Waals surface area contributed by atoms with Crippen LogP contribution in [0.25, 0.3) is 0 Å². The lowest BCUT2D eigenvalue weighted by Gasteiger charge is -2.36. The van der Waals surface area contributed by atoms with Crippen molar-refractivity contribution in [2.75, 3.05) is 45.1 Å². The fourth-order valence-electron chi connectivity index (χ4n) is 4.09. The molecule has 7 nitrogen and oxygen atoms in total. The van der Waals surface area contributed by atoms with Crippen molar-refractivity contribution in [3.05, 3.63) is 29.3 Å². The Kier molecular flexibility index (Phi) is 14.4. The first-order valence-electron chi connectivity index (χ1n) is 13.3. The summed E-state index contributed by atoms with van der Waals surface area (Å²) in [5, 5.41) is 0. The number of amides is 1. The van der Waals surface area contributed by atoms with E-state index in [1.807, 2.05) is 55.4 Å². The molecule has 1 aromatic rings. The molecule has 1 amide bonds. The summed E-state index contributed by atoms with van der Waals surface area (Å²) in [6, 6.07) is 6.21. The minimum Gasteiger partial charge on any atom is -0.494 e. The van der Waals surface area contributed by atoms with Gasteiger partial charge in [0.05, 0.1) is 25.1 Å². The van der Waals surface area contributed by atoms with Crippen molar-refractivity contribution in [2.24, 2.45) is 0 Å². The first-order chi connectivity index (χ1) is 17.6. The highest BCUT2D eigenvalue weighted by atomic mass is 32.2. The van der Waals surface area contributed by atoms with Crippen LogP contribution in [0.4, 0.5) is 4.79 Å². The maximum Gasteiger partial charge on any atom is 0.411 e. The van der Waals surface area contributed by atoms with Gasteiger partial charge in [-0.05, 0) is 82.9 Å². The van der Waals surface area contributed by atoms with Crippen LogP contribution in [0.2, 0.25) is 0 Å². The number of ether oxygens (including phenoxy) is 3. The normalized spacial score (nSPS) is 16.8. The van der Waals surface area contributed by atoms with E-state index >= 15 is 0 Å². The monoisotopic (exact) mass is 570 g/mol. The molecule has 0 spiro atoms. The fourth-order valence-corrected chi connectivity index (χ4v) is 5.37.